The fourth-order valence-corrected chi connectivity index (χ4v) is 7.22. The third-order valence-corrected chi connectivity index (χ3v) is 7.33. The van der Waals surface area contributed by atoms with Crippen molar-refractivity contribution in [3.63, 3.8) is 0 Å². The summed E-state index contributed by atoms with van der Waals surface area (Å²) in [6.45, 7) is 0. The first-order valence-corrected chi connectivity index (χ1v) is 8.49. The Bertz CT molecular complexity index is 473. The second kappa shape index (κ2) is 2.96. The van der Waals surface area contributed by atoms with Gasteiger partial charge in [-0.15, -0.1) is 0 Å². The third-order valence-electron chi connectivity index (χ3n) is 5.90. The molecular formula is C12H17O6P. The smallest absolute Gasteiger partial charge is 0.358 e. The van der Waals surface area contributed by atoms with Gasteiger partial charge in [-0.05, 0) is 56.3 Å². The Balaban J connectivity index is 1.61. The van der Waals surface area contributed by atoms with Crippen molar-refractivity contribution in [2.75, 3.05) is 0 Å². The number of phosphoric ester groups is 1. The molecule has 4 aliphatic carbocycles. The van der Waals surface area contributed by atoms with Gasteiger partial charge in [-0.2, -0.15) is 0 Å². The lowest BCUT2D eigenvalue weighted by molar-refractivity contribution is -0.431. The molecule has 7 heteroatoms. The number of phosphoric acid groups is 1. The van der Waals surface area contributed by atoms with Crippen LogP contribution >= 0.6 is 7.82 Å². The quantitative estimate of drug-likeness (QED) is 0.715. The topological polar surface area (TPSA) is 85.2 Å². The minimum atomic E-state index is -3.71. The van der Waals surface area contributed by atoms with E-state index in [1.54, 1.807) is 0 Å². The van der Waals surface area contributed by atoms with Gasteiger partial charge in [0, 0.05) is 5.41 Å². The summed E-state index contributed by atoms with van der Waals surface area (Å²) in [5.41, 5.74) is -0.570. The molecule has 6 bridgehead atoms. The Hall–Kier alpha value is 0.0300. The number of hydrogen-bond acceptors (Lipinski definition) is 6. The predicted molar refractivity (Wildman–Crippen MR) is 61.4 cm³/mol. The molecular weight excluding hydrogens is 271 g/mol. The van der Waals surface area contributed by atoms with E-state index in [0.717, 1.165) is 19.3 Å². The van der Waals surface area contributed by atoms with Gasteiger partial charge in [0.1, 0.15) is 0 Å². The van der Waals surface area contributed by atoms with Crippen molar-refractivity contribution >= 4 is 7.82 Å². The molecule has 3 aliphatic heterocycles. The van der Waals surface area contributed by atoms with Crippen LogP contribution in [-0.4, -0.2) is 22.0 Å². The van der Waals surface area contributed by atoms with Gasteiger partial charge in [-0.1, -0.05) is 0 Å². The highest BCUT2D eigenvalue weighted by Gasteiger charge is 2.85. The standard InChI is InChI=1S/C12H17O6P/c13-11(12(14)17-19(15,16-11)18-12)10-4-7-1-8(5-10)3-9(2-7)6-10/h7-9,13-14H,1-6H2. The van der Waals surface area contributed by atoms with E-state index in [-0.39, 0.29) is 0 Å². The summed E-state index contributed by atoms with van der Waals surface area (Å²) < 4.78 is 26.7. The van der Waals surface area contributed by atoms with Crippen LogP contribution in [-0.2, 0) is 18.1 Å². The van der Waals surface area contributed by atoms with Gasteiger partial charge in [0.05, 0.1) is 0 Å². The molecule has 0 radical (unpaired) electrons. The van der Waals surface area contributed by atoms with Gasteiger partial charge in [0.15, 0.2) is 0 Å². The maximum atomic E-state index is 11.8. The lowest BCUT2D eigenvalue weighted by Crippen LogP contribution is -2.67. The molecule has 0 aromatic rings. The Labute approximate surface area is 110 Å². The highest BCUT2D eigenvalue weighted by atomic mass is 31.2. The van der Waals surface area contributed by atoms with Crippen LogP contribution < -0.4 is 0 Å². The monoisotopic (exact) mass is 288 g/mol. The van der Waals surface area contributed by atoms with Gasteiger partial charge >= 0.3 is 13.8 Å². The molecule has 0 aromatic carbocycles. The molecule has 1 unspecified atom stereocenters. The van der Waals surface area contributed by atoms with Crippen LogP contribution in [0.15, 0.2) is 0 Å². The first kappa shape index (κ1) is 11.7. The Morgan fingerprint density at radius 3 is 1.74 bits per heavy atom. The molecule has 106 valence electrons. The molecule has 7 fully saturated rings. The van der Waals surface area contributed by atoms with E-state index in [0.29, 0.717) is 17.8 Å². The van der Waals surface area contributed by atoms with Crippen LogP contribution in [0.1, 0.15) is 38.5 Å². The normalized spacial score (nSPS) is 69.3. The summed E-state index contributed by atoms with van der Waals surface area (Å²) in [4.78, 5) is 0. The fourth-order valence-electron chi connectivity index (χ4n) is 5.65. The van der Waals surface area contributed by atoms with Crippen molar-refractivity contribution in [2.24, 2.45) is 23.2 Å². The summed E-state index contributed by atoms with van der Waals surface area (Å²) in [5, 5.41) is 21.1. The predicted octanol–water partition coefficient (Wildman–Crippen LogP) is 1.72. The molecule has 2 N–H and O–H groups in total. The number of rotatable bonds is 1. The van der Waals surface area contributed by atoms with Gasteiger partial charge in [-0.25, -0.2) is 18.1 Å². The second-order valence-corrected chi connectivity index (χ2v) is 8.59. The van der Waals surface area contributed by atoms with Gasteiger partial charge in [0.25, 0.3) is 5.79 Å². The highest BCUT2D eigenvalue weighted by molar-refractivity contribution is 7.50. The van der Waals surface area contributed by atoms with Crippen molar-refractivity contribution in [2.45, 2.75) is 50.3 Å². The molecule has 3 saturated heterocycles. The molecule has 1 atom stereocenters. The zero-order valence-electron chi connectivity index (χ0n) is 10.4. The van der Waals surface area contributed by atoms with Crippen molar-refractivity contribution in [3.8, 4) is 0 Å². The van der Waals surface area contributed by atoms with E-state index in [1.165, 1.54) is 19.3 Å². The molecule has 0 aromatic heterocycles. The first-order valence-electron chi connectivity index (χ1n) is 7.02. The Morgan fingerprint density at radius 2 is 1.37 bits per heavy atom. The van der Waals surface area contributed by atoms with E-state index in [9.17, 15) is 14.8 Å². The second-order valence-electron chi connectivity index (χ2n) is 7.14. The highest BCUT2D eigenvalue weighted by Crippen LogP contribution is 2.81. The molecule has 0 spiro atoms. The summed E-state index contributed by atoms with van der Waals surface area (Å²) in [6.07, 6.45) is 5.99. The van der Waals surface area contributed by atoms with Crippen LogP contribution in [0, 0.1) is 23.2 Å². The van der Waals surface area contributed by atoms with Crippen molar-refractivity contribution in [3.05, 3.63) is 0 Å². The fraction of sp³-hybridized carbons (Fsp3) is 1.00. The minimum Gasteiger partial charge on any atom is -0.358 e. The lowest BCUT2D eigenvalue weighted by Gasteiger charge is -2.60. The molecule has 4 saturated carbocycles. The molecule has 7 rings (SSSR count). The minimum absolute atomic E-state index is 0.570. The third kappa shape index (κ3) is 1.17. The van der Waals surface area contributed by atoms with E-state index < -0.39 is 25.0 Å². The van der Waals surface area contributed by atoms with Crippen molar-refractivity contribution in [1.29, 1.82) is 0 Å². The summed E-state index contributed by atoms with van der Waals surface area (Å²) in [5.74, 6) is -2.48. The molecule has 7 aliphatic rings. The van der Waals surface area contributed by atoms with E-state index in [2.05, 4.69) is 0 Å². The van der Waals surface area contributed by atoms with E-state index in [1.807, 2.05) is 0 Å². The van der Waals surface area contributed by atoms with Crippen LogP contribution in [0.2, 0.25) is 0 Å². The van der Waals surface area contributed by atoms with Crippen molar-refractivity contribution < 1.29 is 28.3 Å². The van der Waals surface area contributed by atoms with Crippen LogP contribution in [0.3, 0.4) is 0 Å². The van der Waals surface area contributed by atoms with Crippen LogP contribution in [0.5, 0.6) is 0 Å². The van der Waals surface area contributed by atoms with Crippen molar-refractivity contribution in [1.82, 2.24) is 0 Å². The zero-order chi connectivity index (χ0) is 13.1. The average molecular weight is 288 g/mol. The Morgan fingerprint density at radius 1 is 0.895 bits per heavy atom. The zero-order valence-corrected chi connectivity index (χ0v) is 11.3. The maximum absolute atomic E-state index is 11.8. The lowest BCUT2D eigenvalue weighted by atomic mass is 9.47. The Kier molecular flexibility index (Phi) is 1.82. The summed E-state index contributed by atoms with van der Waals surface area (Å²) >= 11 is 0. The van der Waals surface area contributed by atoms with E-state index >= 15 is 0 Å². The SMILES string of the molecule is O=P12OC(O)(O1)C(O)(C13CC4CC(CC(C4)C1)C3)O2. The van der Waals surface area contributed by atoms with Gasteiger partial charge in [-0.3, -0.25) is 0 Å². The molecule has 3 heterocycles. The van der Waals surface area contributed by atoms with Gasteiger partial charge in [0.2, 0.25) is 0 Å². The van der Waals surface area contributed by atoms with Crippen LogP contribution in [0.4, 0.5) is 0 Å². The molecule has 19 heavy (non-hydrogen) atoms. The molecule has 0 amide bonds. The average Bonchev–Trinajstić information content (AvgIpc) is 2.56. The van der Waals surface area contributed by atoms with E-state index in [4.69, 9.17) is 13.6 Å². The van der Waals surface area contributed by atoms with Crippen LogP contribution in [0.25, 0.3) is 0 Å². The number of aliphatic hydroxyl groups is 2. The summed E-state index contributed by atoms with van der Waals surface area (Å²) in [7, 11) is -3.71. The molecule has 6 nitrogen and oxygen atoms in total. The number of fused-ring (bicyclic) bond motifs is 1. The first-order chi connectivity index (χ1) is 8.86. The summed E-state index contributed by atoms with van der Waals surface area (Å²) in [6, 6.07) is 0. The largest absolute Gasteiger partial charge is 0.486 e. The maximum Gasteiger partial charge on any atom is 0.486 e. The van der Waals surface area contributed by atoms with Gasteiger partial charge < -0.3 is 10.2 Å². The number of hydrogen-bond donors (Lipinski definition) is 2.